The molecule has 0 amide bonds. The van der Waals surface area contributed by atoms with Gasteiger partial charge in [-0.05, 0) is 31.4 Å². The van der Waals surface area contributed by atoms with Gasteiger partial charge in [-0.15, -0.1) is 11.6 Å². The molecule has 2 heterocycles. The number of aryl methyl sites for hydroxylation is 1. The van der Waals surface area contributed by atoms with Gasteiger partial charge in [0, 0.05) is 35.7 Å². The van der Waals surface area contributed by atoms with E-state index in [1.807, 2.05) is 6.07 Å². The number of benzene rings is 1. The van der Waals surface area contributed by atoms with E-state index in [1.54, 1.807) is 0 Å². The van der Waals surface area contributed by atoms with Crippen LogP contribution in [0.4, 0.5) is 5.69 Å². The summed E-state index contributed by atoms with van der Waals surface area (Å²) in [5.74, 6) is 1.39. The lowest BCUT2D eigenvalue weighted by molar-refractivity contribution is 0.667. The van der Waals surface area contributed by atoms with E-state index in [1.165, 1.54) is 17.5 Å². The van der Waals surface area contributed by atoms with Gasteiger partial charge in [0.15, 0.2) is 0 Å². The molecular weight excluding hydrogens is 244 g/mol. The molecule has 2 nitrogen and oxygen atoms in total. The van der Waals surface area contributed by atoms with Crippen molar-refractivity contribution in [3.63, 3.8) is 0 Å². The van der Waals surface area contributed by atoms with E-state index in [9.17, 15) is 0 Å². The lowest BCUT2D eigenvalue weighted by atomic mass is 10.1. The number of pyridine rings is 1. The minimum absolute atomic E-state index is 0.624. The third-order valence-corrected chi connectivity index (χ3v) is 4.10. The molecule has 0 spiro atoms. The first-order valence-electron chi connectivity index (χ1n) is 6.45. The van der Waals surface area contributed by atoms with Crippen molar-refractivity contribution in [1.82, 2.24) is 4.98 Å². The van der Waals surface area contributed by atoms with E-state index >= 15 is 0 Å². The SMILES string of the molecule is Cc1cc(N2CCC(CCl)C2)c2ccccc2n1. The quantitative estimate of drug-likeness (QED) is 0.767. The Balaban J connectivity index is 2.06. The molecule has 1 saturated heterocycles. The molecule has 0 N–H and O–H groups in total. The maximum Gasteiger partial charge on any atom is 0.0726 e. The van der Waals surface area contributed by atoms with Crippen molar-refractivity contribution in [3.05, 3.63) is 36.0 Å². The van der Waals surface area contributed by atoms with Crippen LogP contribution in [0.1, 0.15) is 12.1 Å². The van der Waals surface area contributed by atoms with Crippen molar-refractivity contribution in [2.24, 2.45) is 5.92 Å². The van der Waals surface area contributed by atoms with Gasteiger partial charge in [-0.2, -0.15) is 0 Å². The number of halogens is 1. The van der Waals surface area contributed by atoms with Crippen molar-refractivity contribution in [1.29, 1.82) is 0 Å². The molecule has 1 aromatic heterocycles. The lowest BCUT2D eigenvalue weighted by Crippen LogP contribution is -2.20. The van der Waals surface area contributed by atoms with Crippen LogP contribution in [-0.2, 0) is 0 Å². The molecule has 1 aliphatic rings. The highest BCUT2D eigenvalue weighted by atomic mass is 35.5. The number of hydrogen-bond donors (Lipinski definition) is 0. The molecule has 0 radical (unpaired) electrons. The van der Waals surface area contributed by atoms with Crippen molar-refractivity contribution in [2.75, 3.05) is 23.9 Å². The molecule has 1 atom stereocenters. The summed E-state index contributed by atoms with van der Waals surface area (Å²) in [5.41, 5.74) is 3.48. The standard InChI is InChI=1S/C15H17ClN2/c1-11-8-15(18-7-6-12(9-16)10-18)13-4-2-3-5-14(13)17-11/h2-5,8,12H,6-7,9-10H2,1H3. The fourth-order valence-corrected chi connectivity index (χ4v) is 2.98. The predicted molar refractivity (Wildman–Crippen MR) is 77.5 cm³/mol. The molecule has 0 bridgehead atoms. The number of alkyl halides is 1. The zero-order valence-electron chi connectivity index (χ0n) is 10.6. The summed E-state index contributed by atoms with van der Waals surface area (Å²) in [4.78, 5) is 7.04. The second-order valence-corrected chi connectivity index (χ2v) is 5.36. The summed E-state index contributed by atoms with van der Waals surface area (Å²) in [6.45, 7) is 4.23. The molecule has 1 aromatic carbocycles. The van der Waals surface area contributed by atoms with E-state index in [4.69, 9.17) is 11.6 Å². The summed E-state index contributed by atoms with van der Waals surface area (Å²) in [7, 11) is 0. The molecule has 1 fully saturated rings. The fourth-order valence-electron chi connectivity index (χ4n) is 2.72. The minimum Gasteiger partial charge on any atom is -0.371 e. The Bertz CT molecular complexity index is 567. The highest BCUT2D eigenvalue weighted by molar-refractivity contribution is 6.18. The third kappa shape index (κ3) is 2.05. The van der Waals surface area contributed by atoms with Crippen LogP contribution in [0.15, 0.2) is 30.3 Å². The number of aromatic nitrogens is 1. The zero-order valence-corrected chi connectivity index (χ0v) is 11.3. The van der Waals surface area contributed by atoms with Crippen LogP contribution < -0.4 is 4.90 Å². The number of hydrogen-bond acceptors (Lipinski definition) is 2. The van der Waals surface area contributed by atoms with Crippen LogP contribution in [0.25, 0.3) is 10.9 Å². The highest BCUT2D eigenvalue weighted by Gasteiger charge is 2.23. The van der Waals surface area contributed by atoms with Gasteiger partial charge in [0.1, 0.15) is 0 Å². The number of fused-ring (bicyclic) bond motifs is 1. The van der Waals surface area contributed by atoms with Crippen molar-refractivity contribution in [2.45, 2.75) is 13.3 Å². The average Bonchev–Trinajstić information content (AvgIpc) is 2.86. The second kappa shape index (κ2) is 4.77. The first-order valence-corrected chi connectivity index (χ1v) is 6.98. The van der Waals surface area contributed by atoms with Gasteiger partial charge in [-0.3, -0.25) is 4.98 Å². The van der Waals surface area contributed by atoms with Crippen LogP contribution >= 0.6 is 11.6 Å². The highest BCUT2D eigenvalue weighted by Crippen LogP contribution is 2.31. The van der Waals surface area contributed by atoms with Gasteiger partial charge in [-0.1, -0.05) is 18.2 Å². The fraction of sp³-hybridized carbons (Fsp3) is 0.400. The summed E-state index contributed by atoms with van der Waals surface area (Å²) in [5, 5.41) is 1.25. The summed E-state index contributed by atoms with van der Waals surface area (Å²) in [6.07, 6.45) is 1.19. The largest absolute Gasteiger partial charge is 0.371 e. The molecule has 3 rings (SSSR count). The molecule has 1 unspecified atom stereocenters. The van der Waals surface area contributed by atoms with Crippen molar-refractivity contribution >= 4 is 28.2 Å². The Morgan fingerprint density at radius 2 is 2.22 bits per heavy atom. The Hall–Kier alpha value is -1.28. The second-order valence-electron chi connectivity index (χ2n) is 5.05. The van der Waals surface area contributed by atoms with Crippen LogP contribution in [0.2, 0.25) is 0 Å². The summed E-state index contributed by atoms with van der Waals surface area (Å²) >= 11 is 5.97. The molecule has 3 heteroatoms. The Morgan fingerprint density at radius 1 is 1.39 bits per heavy atom. The number of nitrogens with zero attached hydrogens (tertiary/aromatic N) is 2. The van der Waals surface area contributed by atoms with Gasteiger partial charge in [0.05, 0.1) is 5.52 Å². The van der Waals surface area contributed by atoms with Gasteiger partial charge < -0.3 is 4.90 Å². The van der Waals surface area contributed by atoms with Gasteiger partial charge in [0.2, 0.25) is 0 Å². The van der Waals surface area contributed by atoms with E-state index in [0.717, 1.165) is 30.2 Å². The van der Waals surface area contributed by atoms with E-state index in [2.05, 4.69) is 41.1 Å². The first kappa shape index (κ1) is 11.8. The van der Waals surface area contributed by atoms with Crippen LogP contribution in [-0.4, -0.2) is 24.0 Å². The number of anilines is 1. The zero-order chi connectivity index (χ0) is 12.5. The normalized spacial score (nSPS) is 19.7. The Morgan fingerprint density at radius 3 is 3.00 bits per heavy atom. The molecule has 94 valence electrons. The third-order valence-electron chi connectivity index (χ3n) is 3.67. The van der Waals surface area contributed by atoms with Crippen LogP contribution in [0.5, 0.6) is 0 Å². The van der Waals surface area contributed by atoms with Crippen LogP contribution in [0.3, 0.4) is 0 Å². The topological polar surface area (TPSA) is 16.1 Å². The summed E-state index contributed by atoms with van der Waals surface area (Å²) < 4.78 is 0. The van der Waals surface area contributed by atoms with Crippen molar-refractivity contribution < 1.29 is 0 Å². The lowest BCUT2D eigenvalue weighted by Gasteiger charge is -2.21. The average molecular weight is 261 g/mol. The monoisotopic (exact) mass is 260 g/mol. The maximum atomic E-state index is 5.97. The predicted octanol–water partition coefficient (Wildman–Crippen LogP) is 3.61. The number of para-hydroxylation sites is 1. The summed E-state index contributed by atoms with van der Waals surface area (Å²) in [6, 6.07) is 10.6. The Labute approximate surface area is 113 Å². The maximum absolute atomic E-state index is 5.97. The van der Waals surface area contributed by atoms with Crippen LogP contribution in [0, 0.1) is 12.8 Å². The van der Waals surface area contributed by atoms with E-state index in [0.29, 0.717) is 5.92 Å². The van der Waals surface area contributed by atoms with Gasteiger partial charge >= 0.3 is 0 Å². The first-order chi connectivity index (χ1) is 8.78. The van der Waals surface area contributed by atoms with Gasteiger partial charge in [-0.25, -0.2) is 0 Å². The smallest absolute Gasteiger partial charge is 0.0726 e. The van der Waals surface area contributed by atoms with E-state index in [-0.39, 0.29) is 0 Å². The Kier molecular flexibility index (Phi) is 3.13. The molecule has 0 saturated carbocycles. The molecule has 1 aliphatic heterocycles. The molecule has 2 aromatic rings. The van der Waals surface area contributed by atoms with Gasteiger partial charge in [0.25, 0.3) is 0 Å². The number of rotatable bonds is 2. The van der Waals surface area contributed by atoms with E-state index < -0.39 is 0 Å². The van der Waals surface area contributed by atoms with Crippen molar-refractivity contribution in [3.8, 4) is 0 Å². The molecular formula is C15H17ClN2. The minimum atomic E-state index is 0.624. The molecule has 0 aliphatic carbocycles. The molecule has 18 heavy (non-hydrogen) atoms.